The van der Waals surface area contributed by atoms with Gasteiger partial charge in [-0.15, -0.1) is 0 Å². The van der Waals surface area contributed by atoms with E-state index in [-0.39, 0.29) is 18.3 Å². The molecular formula is C20H23NO5. The number of carbonyl (C=O) groups is 2. The van der Waals surface area contributed by atoms with Gasteiger partial charge in [0.15, 0.2) is 23.9 Å². The topological polar surface area (TPSA) is 73.9 Å². The van der Waals surface area contributed by atoms with Crippen LogP contribution in [0.4, 0.5) is 5.69 Å². The molecule has 6 heteroatoms. The molecule has 2 aromatic rings. The van der Waals surface area contributed by atoms with Crippen LogP contribution in [0.2, 0.25) is 0 Å². The summed E-state index contributed by atoms with van der Waals surface area (Å²) in [7, 11) is 0. The van der Waals surface area contributed by atoms with E-state index in [9.17, 15) is 9.59 Å². The van der Waals surface area contributed by atoms with Gasteiger partial charge in [0.05, 0.1) is 13.2 Å². The third-order valence-corrected chi connectivity index (χ3v) is 3.46. The number of ether oxygens (including phenoxy) is 3. The second-order valence-electron chi connectivity index (χ2n) is 5.44. The zero-order chi connectivity index (χ0) is 18.9. The molecule has 6 nitrogen and oxygen atoms in total. The van der Waals surface area contributed by atoms with Gasteiger partial charge in [-0.3, -0.25) is 9.59 Å². The van der Waals surface area contributed by atoms with Crippen molar-refractivity contribution < 1.29 is 23.8 Å². The number of ketones is 1. The minimum absolute atomic E-state index is 0.0186. The fourth-order valence-electron chi connectivity index (χ4n) is 2.26. The molecule has 1 amide bonds. The summed E-state index contributed by atoms with van der Waals surface area (Å²) in [5.74, 6) is 1.41. The molecule has 26 heavy (non-hydrogen) atoms. The lowest BCUT2D eigenvalue weighted by molar-refractivity contribution is -0.118. The van der Waals surface area contributed by atoms with Gasteiger partial charge in [-0.1, -0.05) is 0 Å². The lowest BCUT2D eigenvalue weighted by Crippen LogP contribution is -2.20. The van der Waals surface area contributed by atoms with E-state index in [1.807, 2.05) is 13.8 Å². The molecule has 0 spiro atoms. The van der Waals surface area contributed by atoms with Crippen LogP contribution in [0, 0.1) is 0 Å². The van der Waals surface area contributed by atoms with Crippen LogP contribution in [0.25, 0.3) is 0 Å². The highest BCUT2D eigenvalue weighted by Crippen LogP contribution is 2.30. The van der Waals surface area contributed by atoms with Gasteiger partial charge in [0.2, 0.25) is 0 Å². The van der Waals surface area contributed by atoms with Gasteiger partial charge in [-0.05, 0) is 57.2 Å². The van der Waals surface area contributed by atoms with Crippen molar-refractivity contribution in [1.82, 2.24) is 0 Å². The van der Waals surface area contributed by atoms with E-state index in [1.54, 1.807) is 42.5 Å². The number of hydrogen-bond donors (Lipinski definition) is 1. The van der Waals surface area contributed by atoms with Crippen molar-refractivity contribution in [2.75, 3.05) is 25.1 Å². The number of anilines is 1. The first-order valence-corrected chi connectivity index (χ1v) is 8.46. The lowest BCUT2D eigenvalue weighted by atomic mass is 10.1. The molecule has 138 valence electrons. The maximum atomic E-state index is 12.1. The maximum absolute atomic E-state index is 12.1. The van der Waals surface area contributed by atoms with Gasteiger partial charge in [-0.2, -0.15) is 0 Å². The van der Waals surface area contributed by atoms with Crippen LogP contribution >= 0.6 is 0 Å². The van der Waals surface area contributed by atoms with Crippen molar-refractivity contribution >= 4 is 17.4 Å². The molecule has 0 aromatic heterocycles. The Hall–Kier alpha value is -3.02. The minimum Gasteiger partial charge on any atom is -0.490 e. The van der Waals surface area contributed by atoms with E-state index in [0.717, 1.165) is 0 Å². The van der Waals surface area contributed by atoms with Crippen LogP contribution in [0.1, 0.15) is 31.1 Å². The van der Waals surface area contributed by atoms with Crippen molar-refractivity contribution in [2.45, 2.75) is 20.8 Å². The summed E-state index contributed by atoms with van der Waals surface area (Å²) in [6.07, 6.45) is 0. The van der Waals surface area contributed by atoms with Crippen molar-refractivity contribution in [3.8, 4) is 17.2 Å². The quantitative estimate of drug-likeness (QED) is 0.693. The number of hydrogen-bond acceptors (Lipinski definition) is 5. The van der Waals surface area contributed by atoms with E-state index in [2.05, 4.69) is 5.32 Å². The van der Waals surface area contributed by atoms with Crippen LogP contribution in [0.15, 0.2) is 42.5 Å². The van der Waals surface area contributed by atoms with Gasteiger partial charge in [0.1, 0.15) is 5.75 Å². The predicted octanol–water partition coefficient (Wildman–Crippen LogP) is 3.70. The molecule has 0 heterocycles. The van der Waals surface area contributed by atoms with Crippen LogP contribution in [-0.2, 0) is 4.79 Å². The first-order valence-electron chi connectivity index (χ1n) is 8.46. The molecule has 0 aliphatic carbocycles. The molecule has 0 atom stereocenters. The van der Waals surface area contributed by atoms with Gasteiger partial charge in [0, 0.05) is 17.3 Å². The number of amides is 1. The lowest BCUT2D eigenvalue weighted by Gasteiger charge is -2.13. The van der Waals surface area contributed by atoms with Crippen LogP contribution in [0.5, 0.6) is 17.2 Å². The number of benzene rings is 2. The van der Waals surface area contributed by atoms with Gasteiger partial charge < -0.3 is 19.5 Å². The first-order chi connectivity index (χ1) is 12.5. The molecule has 2 aromatic carbocycles. The average molecular weight is 357 g/mol. The second kappa shape index (κ2) is 9.46. The summed E-state index contributed by atoms with van der Waals surface area (Å²) < 4.78 is 16.5. The van der Waals surface area contributed by atoms with Crippen molar-refractivity contribution in [3.05, 3.63) is 48.0 Å². The second-order valence-corrected chi connectivity index (χ2v) is 5.44. The molecule has 0 radical (unpaired) electrons. The largest absolute Gasteiger partial charge is 0.490 e. The van der Waals surface area contributed by atoms with Crippen LogP contribution < -0.4 is 19.5 Å². The van der Waals surface area contributed by atoms with Crippen LogP contribution in [0.3, 0.4) is 0 Å². The molecule has 0 saturated carbocycles. The van der Waals surface area contributed by atoms with Crippen molar-refractivity contribution in [2.24, 2.45) is 0 Å². The standard InChI is InChI=1S/C20H23NO5/c1-4-24-18-11-8-16(12-19(18)25-5-2)21-20(23)13-26-17-9-6-15(7-10-17)14(3)22/h6-12H,4-5,13H2,1-3H3,(H,21,23). The van der Waals surface area contributed by atoms with Crippen molar-refractivity contribution in [1.29, 1.82) is 0 Å². The highest BCUT2D eigenvalue weighted by Gasteiger charge is 2.09. The van der Waals surface area contributed by atoms with E-state index < -0.39 is 0 Å². The molecule has 0 aliphatic rings. The normalized spacial score (nSPS) is 10.1. The zero-order valence-electron chi connectivity index (χ0n) is 15.2. The molecule has 0 saturated heterocycles. The first kappa shape index (κ1) is 19.3. The van der Waals surface area contributed by atoms with Gasteiger partial charge in [0.25, 0.3) is 5.91 Å². The zero-order valence-corrected chi connectivity index (χ0v) is 15.2. The summed E-state index contributed by atoms with van der Waals surface area (Å²) in [6, 6.07) is 11.9. The highest BCUT2D eigenvalue weighted by atomic mass is 16.5. The van der Waals surface area contributed by atoms with Gasteiger partial charge >= 0.3 is 0 Å². The SMILES string of the molecule is CCOc1ccc(NC(=O)COc2ccc(C(C)=O)cc2)cc1OCC. The molecule has 0 unspecified atom stereocenters. The Kier molecular flexibility index (Phi) is 7.02. The maximum Gasteiger partial charge on any atom is 0.262 e. The Balaban J connectivity index is 1.94. The molecule has 1 N–H and O–H groups in total. The fourth-order valence-corrected chi connectivity index (χ4v) is 2.26. The number of rotatable bonds is 9. The Labute approximate surface area is 153 Å². The summed E-state index contributed by atoms with van der Waals surface area (Å²) in [4.78, 5) is 23.3. The van der Waals surface area contributed by atoms with Gasteiger partial charge in [-0.25, -0.2) is 0 Å². The monoisotopic (exact) mass is 357 g/mol. The molecular weight excluding hydrogens is 334 g/mol. The Bertz CT molecular complexity index is 755. The number of nitrogens with one attached hydrogen (secondary N) is 1. The van der Waals surface area contributed by atoms with E-state index in [4.69, 9.17) is 14.2 Å². The Morgan fingerprint density at radius 2 is 1.54 bits per heavy atom. The van der Waals surface area contributed by atoms with E-state index in [1.165, 1.54) is 6.92 Å². The smallest absolute Gasteiger partial charge is 0.262 e. The predicted molar refractivity (Wildman–Crippen MR) is 99.4 cm³/mol. The van der Waals surface area contributed by atoms with E-state index >= 15 is 0 Å². The van der Waals surface area contributed by atoms with E-state index in [0.29, 0.717) is 41.7 Å². The minimum atomic E-state index is -0.299. The number of Topliss-reactive ketones (excluding diaryl/α,β-unsaturated/α-hetero) is 1. The highest BCUT2D eigenvalue weighted by molar-refractivity contribution is 5.94. The van der Waals surface area contributed by atoms with Crippen molar-refractivity contribution in [3.63, 3.8) is 0 Å². The summed E-state index contributed by atoms with van der Waals surface area (Å²) in [6.45, 7) is 6.16. The summed E-state index contributed by atoms with van der Waals surface area (Å²) >= 11 is 0. The van der Waals surface area contributed by atoms with Crippen LogP contribution in [-0.4, -0.2) is 31.5 Å². The summed E-state index contributed by atoms with van der Waals surface area (Å²) in [5, 5.41) is 2.76. The third-order valence-electron chi connectivity index (χ3n) is 3.46. The number of carbonyl (C=O) groups excluding carboxylic acids is 2. The average Bonchev–Trinajstić information content (AvgIpc) is 2.63. The molecule has 0 aliphatic heterocycles. The summed E-state index contributed by atoms with van der Waals surface area (Å²) in [5.41, 5.74) is 1.19. The third kappa shape index (κ3) is 5.51. The Morgan fingerprint density at radius 3 is 2.15 bits per heavy atom. The molecule has 0 fully saturated rings. The fraction of sp³-hybridized carbons (Fsp3) is 0.300. The molecule has 0 bridgehead atoms. The molecule has 2 rings (SSSR count). The Morgan fingerprint density at radius 1 is 0.885 bits per heavy atom.